The van der Waals surface area contributed by atoms with E-state index in [1.165, 1.54) is 12.4 Å². The molecule has 0 aliphatic carbocycles. The first kappa shape index (κ1) is 19.3. The molecule has 144 valence electrons. The molecule has 1 unspecified atom stereocenters. The smallest absolute Gasteiger partial charge is 0.274 e. The molecule has 0 saturated carbocycles. The molecule has 1 fully saturated rings. The molecule has 1 aliphatic heterocycles. The summed E-state index contributed by atoms with van der Waals surface area (Å²) >= 11 is 0. The molecule has 1 atom stereocenters. The van der Waals surface area contributed by atoms with Crippen molar-refractivity contribution in [3.63, 3.8) is 0 Å². The van der Waals surface area contributed by atoms with Gasteiger partial charge in [0.25, 0.3) is 5.91 Å². The van der Waals surface area contributed by atoms with Gasteiger partial charge in [0.15, 0.2) is 9.84 Å². The van der Waals surface area contributed by atoms with Crippen LogP contribution in [-0.4, -0.2) is 53.3 Å². The maximum absolute atomic E-state index is 12.8. The fraction of sp³-hybridized carbons (Fsp3) is 0.421. The Labute approximate surface area is 159 Å². The Morgan fingerprint density at radius 3 is 2.63 bits per heavy atom. The first-order chi connectivity index (χ1) is 12.8. The number of hydrogen-bond acceptors (Lipinski definition) is 6. The summed E-state index contributed by atoms with van der Waals surface area (Å²) in [5, 5.41) is 3.21. The molecule has 7 nitrogen and oxygen atoms in total. The molecular formula is C19H24N4O3S. The largest absolute Gasteiger partial charge is 0.339 e. The lowest BCUT2D eigenvalue weighted by Crippen LogP contribution is -2.41. The third kappa shape index (κ3) is 4.44. The van der Waals surface area contributed by atoms with Crippen LogP contribution in [0.1, 0.15) is 35.0 Å². The molecule has 27 heavy (non-hydrogen) atoms. The third-order valence-electron chi connectivity index (χ3n) is 4.78. The summed E-state index contributed by atoms with van der Waals surface area (Å²) in [5.74, 6) is 0.412. The van der Waals surface area contributed by atoms with Crippen LogP contribution in [0.25, 0.3) is 0 Å². The highest BCUT2D eigenvalue weighted by Crippen LogP contribution is 2.21. The van der Waals surface area contributed by atoms with Gasteiger partial charge >= 0.3 is 0 Å². The second-order valence-corrected chi connectivity index (χ2v) is 9.11. The van der Waals surface area contributed by atoms with Gasteiger partial charge in [0.05, 0.1) is 23.9 Å². The summed E-state index contributed by atoms with van der Waals surface area (Å²) < 4.78 is 23.4. The number of amides is 1. The Morgan fingerprint density at radius 1 is 1.26 bits per heavy atom. The van der Waals surface area contributed by atoms with E-state index in [0.29, 0.717) is 18.8 Å². The second kappa shape index (κ2) is 7.64. The third-order valence-corrected chi connectivity index (χ3v) is 6.53. The topological polar surface area (TPSA) is 92.3 Å². The molecular weight excluding hydrogens is 364 g/mol. The minimum atomic E-state index is -3.06. The lowest BCUT2D eigenvalue weighted by atomic mass is 10.1. The number of carbonyl (C=O) groups excluding carboxylic acids is 1. The van der Waals surface area contributed by atoms with Crippen molar-refractivity contribution < 1.29 is 13.2 Å². The van der Waals surface area contributed by atoms with Crippen molar-refractivity contribution in [1.29, 1.82) is 0 Å². The van der Waals surface area contributed by atoms with Crippen LogP contribution in [0.2, 0.25) is 0 Å². The molecule has 2 aromatic rings. The highest BCUT2D eigenvalue weighted by atomic mass is 32.2. The van der Waals surface area contributed by atoms with Gasteiger partial charge in [-0.3, -0.25) is 4.79 Å². The van der Waals surface area contributed by atoms with E-state index in [9.17, 15) is 13.2 Å². The van der Waals surface area contributed by atoms with Crippen molar-refractivity contribution in [2.75, 3.05) is 23.4 Å². The van der Waals surface area contributed by atoms with Gasteiger partial charge in [0.1, 0.15) is 11.5 Å². The van der Waals surface area contributed by atoms with Crippen LogP contribution < -0.4 is 5.32 Å². The lowest BCUT2D eigenvalue weighted by molar-refractivity contribution is 0.0702. The van der Waals surface area contributed by atoms with E-state index in [1.54, 1.807) is 4.90 Å². The van der Waals surface area contributed by atoms with Crippen molar-refractivity contribution in [2.24, 2.45) is 0 Å². The summed E-state index contributed by atoms with van der Waals surface area (Å²) in [6, 6.07) is 5.80. The molecule has 0 radical (unpaired) electrons. The predicted molar refractivity (Wildman–Crippen MR) is 105 cm³/mol. The van der Waals surface area contributed by atoms with E-state index >= 15 is 0 Å². The summed E-state index contributed by atoms with van der Waals surface area (Å²) in [7, 11) is -3.06. The lowest BCUT2D eigenvalue weighted by Gasteiger charge is -2.26. The van der Waals surface area contributed by atoms with Crippen LogP contribution in [0.15, 0.2) is 30.6 Å². The van der Waals surface area contributed by atoms with Crippen LogP contribution >= 0.6 is 0 Å². The van der Waals surface area contributed by atoms with Crippen molar-refractivity contribution >= 4 is 27.2 Å². The van der Waals surface area contributed by atoms with E-state index in [4.69, 9.17) is 0 Å². The number of hydrogen-bond donors (Lipinski definition) is 1. The highest BCUT2D eigenvalue weighted by Gasteiger charge is 2.34. The van der Waals surface area contributed by atoms with Crippen LogP contribution in [0, 0.1) is 13.8 Å². The number of rotatable bonds is 5. The number of benzene rings is 1. The summed E-state index contributed by atoms with van der Waals surface area (Å²) in [6.07, 6.45) is 3.43. The van der Waals surface area contributed by atoms with E-state index in [0.717, 1.165) is 16.8 Å². The second-order valence-electron chi connectivity index (χ2n) is 6.88. The Hall–Kier alpha value is -2.48. The number of anilines is 2. The minimum absolute atomic E-state index is 0.0201. The fourth-order valence-corrected chi connectivity index (χ4v) is 4.98. The quantitative estimate of drug-likeness (QED) is 0.846. The summed E-state index contributed by atoms with van der Waals surface area (Å²) in [6.45, 7) is 6.29. The Kier molecular flexibility index (Phi) is 5.46. The molecule has 1 amide bonds. The van der Waals surface area contributed by atoms with E-state index in [-0.39, 0.29) is 29.1 Å². The molecule has 8 heteroatoms. The molecule has 1 N–H and O–H groups in total. The average Bonchev–Trinajstić information content (AvgIpc) is 2.99. The molecule has 1 aromatic heterocycles. The van der Waals surface area contributed by atoms with Gasteiger partial charge in [-0.1, -0.05) is 12.1 Å². The zero-order chi connectivity index (χ0) is 19.6. The van der Waals surface area contributed by atoms with Crippen molar-refractivity contribution in [1.82, 2.24) is 14.9 Å². The van der Waals surface area contributed by atoms with E-state index in [1.807, 2.05) is 39.0 Å². The summed E-state index contributed by atoms with van der Waals surface area (Å²) in [5.41, 5.74) is 3.37. The van der Waals surface area contributed by atoms with Crippen LogP contribution in [-0.2, 0) is 9.84 Å². The van der Waals surface area contributed by atoms with Crippen LogP contribution in [0.3, 0.4) is 0 Å². The minimum Gasteiger partial charge on any atom is -0.339 e. The van der Waals surface area contributed by atoms with Gasteiger partial charge < -0.3 is 10.2 Å². The van der Waals surface area contributed by atoms with Crippen molar-refractivity contribution in [3.05, 3.63) is 47.4 Å². The van der Waals surface area contributed by atoms with Gasteiger partial charge in [-0.05, 0) is 44.4 Å². The van der Waals surface area contributed by atoms with Gasteiger partial charge in [0, 0.05) is 18.3 Å². The molecule has 1 saturated heterocycles. The number of nitrogens with one attached hydrogen (secondary N) is 1. The van der Waals surface area contributed by atoms with Gasteiger partial charge in [0.2, 0.25) is 0 Å². The molecule has 2 heterocycles. The normalized spacial score (nSPS) is 18.3. The maximum Gasteiger partial charge on any atom is 0.274 e. The SMILES string of the molecule is CCN(C(=O)c1cnc(Nc2cc(C)ccc2C)cn1)C1CCS(=O)(=O)C1. The zero-order valence-electron chi connectivity index (χ0n) is 15.8. The van der Waals surface area contributed by atoms with Crippen molar-refractivity contribution in [2.45, 2.75) is 33.2 Å². The molecule has 0 bridgehead atoms. The molecule has 3 rings (SSSR count). The Balaban J connectivity index is 1.74. The number of nitrogens with zero attached hydrogens (tertiary/aromatic N) is 3. The zero-order valence-corrected chi connectivity index (χ0v) is 16.6. The van der Waals surface area contributed by atoms with Crippen LogP contribution in [0.4, 0.5) is 11.5 Å². The molecule has 0 spiro atoms. The van der Waals surface area contributed by atoms with E-state index < -0.39 is 9.84 Å². The van der Waals surface area contributed by atoms with Gasteiger partial charge in [-0.25, -0.2) is 18.4 Å². The Morgan fingerprint density at radius 2 is 2.04 bits per heavy atom. The van der Waals surface area contributed by atoms with Gasteiger partial charge in [-0.2, -0.15) is 0 Å². The highest BCUT2D eigenvalue weighted by molar-refractivity contribution is 7.91. The van der Waals surface area contributed by atoms with Crippen LogP contribution in [0.5, 0.6) is 0 Å². The van der Waals surface area contributed by atoms with Gasteiger partial charge in [-0.15, -0.1) is 0 Å². The summed E-state index contributed by atoms with van der Waals surface area (Å²) in [4.78, 5) is 22.9. The molecule has 1 aromatic carbocycles. The average molecular weight is 388 g/mol. The standard InChI is InChI=1S/C19H24N4O3S/c1-4-23(15-7-8-27(25,26)12-15)19(24)17-10-21-18(11-20-17)22-16-9-13(2)5-6-14(16)3/h5-6,9-11,15H,4,7-8,12H2,1-3H3,(H,21,22). The number of aromatic nitrogens is 2. The van der Waals surface area contributed by atoms with Crippen molar-refractivity contribution in [3.8, 4) is 0 Å². The Bertz CT molecular complexity index is 942. The fourth-order valence-electron chi connectivity index (χ4n) is 3.25. The number of carbonyl (C=O) groups is 1. The van der Waals surface area contributed by atoms with E-state index in [2.05, 4.69) is 15.3 Å². The monoisotopic (exact) mass is 388 g/mol. The first-order valence-electron chi connectivity index (χ1n) is 8.97. The number of aryl methyl sites for hydroxylation is 2. The number of sulfone groups is 1. The first-order valence-corrected chi connectivity index (χ1v) is 10.8. The predicted octanol–water partition coefficient (Wildman–Crippen LogP) is 2.49. The molecule has 1 aliphatic rings. The maximum atomic E-state index is 12.8.